The summed E-state index contributed by atoms with van der Waals surface area (Å²) >= 11 is 12.6. The van der Waals surface area contributed by atoms with Gasteiger partial charge in [-0.2, -0.15) is 0 Å². The Morgan fingerprint density at radius 1 is 0.900 bits per heavy atom. The van der Waals surface area contributed by atoms with Gasteiger partial charge in [0.25, 0.3) is 0 Å². The molecule has 0 saturated heterocycles. The number of alkyl halides is 3. The van der Waals surface area contributed by atoms with Crippen LogP contribution in [0.4, 0.5) is 18.9 Å². The molecule has 1 heterocycles. The van der Waals surface area contributed by atoms with Gasteiger partial charge in [-0.05, 0) is 64.9 Å². The van der Waals surface area contributed by atoms with E-state index in [1.807, 2.05) is 24.3 Å². The summed E-state index contributed by atoms with van der Waals surface area (Å²) in [4.78, 5) is 0. The number of anilines is 1. The van der Waals surface area contributed by atoms with Gasteiger partial charge in [-0.3, -0.25) is 0 Å². The van der Waals surface area contributed by atoms with E-state index in [1.165, 1.54) is 17.7 Å². The fourth-order valence-corrected chi connectivity index (χ4v) is 5.32. The third kappa shape index (κ3) is 3.40. The van der Waals surface area contributed by atoms with Crippen LogP contribution in [-0.2, 0) is 6.42 Å². The fraction of sp³-hybridized carbons (Fsp3) is 0.217. The number of hydrogen-bond acceptors (Lipinski definition) is 2. The smallest absolute Gasteiger partial charge is 0.406 e. The lowest BCUT2D eigenvalue weighted by molar-refractivity contribution is -0.274. The number of hydrogen-bond donors (Lipinski definition) is 1. The monoisotopic (exact) mass is 449 g/mol. The Labute approximate surface area is 181 Å². The van der Waals surface area contributed by atoms with E-state index in [4.69, 9.17) is 23.2 Å². The van der Waals surface area contributed by atoms with Crippen molar-refractivity contribution in [3.63, 3.8) is 0 Å². The minimum absolute atomic E-state index is 0.0639. The van der Waals surface area contributed by atoms with Gasteiger partial charge in [0.2, 0.25) is 0 Å². The van der Waals surface area contributed by atoms with E-state index in [1.54, 1.807) is 18.2 Å². The molecule has 7 heteroatoms. The number of nitrogens with one attached hydrogen (secondary N) is 1. The highest BCUT2D eigenvalue weighted by molar-refractivity contribution is 6.35. The van der Waals surface area contributed by atoms with Crippen LogP contribution in [-0.4, -0.2) is 6.36 Å². The SMILES string of the molecule is FC(F)(F)Oc1ccc2c(c1)C1c3ccccc3CC1C(c1ccc(Cl)cc1Cl)N2. The Morgan fingerprint density at radius 3 is 2.47 bits per heavy atom. The van der Waals surface area contributed by atoms with Crippen LogP contribution in [0.3, 0.4) is 0 Å². The molecule has 0 fully saturated rings. The van der Waals surface area contributed by atoms with Crippen LogP contribution in [0, 0.1) is 5.92 Å². The highest BCUT2D eigenvalue weighted by Crippen LogP contribution is 2.55. The summed E-state index contributed by atoms with van der Waals surface area (Å²) in [5, 5.41) is 4.63. The summed E-state index contributed by atoms with van der Waals surface area (Å²) in [6, 6.07) is 17.9. The molecule has 1 aliphatic carbocycles. The van der Waals surface area contributed by atoms with Crippen LogP contribution in [0.5, 0.6) is 5.75 Å². The number of benzene rings is 3. The quantitative estimate of drug-likeness (QED) is 0.441. The van der Waals surface area contributed by atoms with Gasteiger partial charge in [0.15, 0.2) is 0 Å². The molecule has 3 unspecified atom stereocenters. The first-order chi connectivity index (χ1) is 14.3. The van der Waals surface area contributed by atoms with Crippen molar-refractivity contribution >= 4 is 28.9 Å². The van der Waals surface area contributed by atoms with E-state index in [9.17, 15) is 13.2 Å². The maximum atomic E-state index is 12.8. The van der Waals surface area contributed by atoms with Crippen molar-refractivity contribution < 1.29 is 17.9 Å². The molecule has 2 aliphatic rings. The Hall–Kier alpha value is -2.37. The first-order valence-corrected chi connectivity index (χ1v) is 10.2. The molecule has 3 atom stereocenters. The fourth-order valence-electron chi connectivity index (χ4n) is 4.80. The maximum Gasteiger partial charge on any atom is 0.573 e. The minimum Gasteiger partial charge on any atom is -0.406 e. The molecule has 0 amide bonds. The van der Waals surface area contributed by atoms with Gasteiger partial charge in [0.05, 0.1) is 6.04 Å². The van der Waals surface area contributed by atoms with Gasteiger partial charge >= 0.3 is 6.36 Å². The zero-order chi connectivity index (χ0) is 21.0. The van der Waals surface area contributed by atoms with E-state index in [0.29, 0.717) is 10.0 Å². The van der Waals surface area contributed by atoms with E-state index in [2.05, 4.69) is 16.1 Å². The second-order valence-corrected chi connectivity index (χ2v) is 8.47. The van der Waals surface area contributed by atoms with Gasteiger partial charge in [-0.1, -0.05) is 53.5 Å². The molecule has 30 heavy (non-hydrogen) atoms. The minimum atomic E-state index is -4.73. The molecule has 0 saturated carbocycles. The first kappa shape index (κ1) is 19.6. The van der Waals surface area contributed by atoms with Crippen molar-refractivity contribution in [1.82, 2.24) is 0 Å². The van der Waals surface area contributed by atoms with Crippen molar-refractivity contribution in [2.75, 3.05) is 5.32 Å². The largest absolute Gasteiger partial charge is 0.573 e. The molecule has 3 aromatic rings. The lowest BCUT2D eigenvalue weighted by Gasteiger charge is -2.38. The Kier molecular flexibility index (Phi) is 4.64. The number of rotatable bonds is 2. The Morgan fingerprint density at radius 2 is 1.70 bits per heavy atom. The molecular weight excluding hydrogens is 434 g/mol. The highest BCUT2D eigenvalue weighted by Gasteiger charge is 2.44. The van der Waals surface area contributed by atoms with E-state index in [-0.39, 0.29) is 23.6 Å². The van der Waals surface area contributed by atoms with Crippen LogP contribution in [0.1, 0.15) is 34.2 Å². The van der Waals surface area contributed by atoms with Gasteiger partial charge in [0, 0.05) is 21.7 Å². The molecule has 1 N–H and O–H groups in total. The van der Waals surface area contributed by atoms with Gasteiger partial charge in [-0.25, -0.2) is 0 Å². The molecule has 0 radical (unpaired) electrons. The molecule has 3 aromatic carbocycles. The molecule has 1 aliphatic heterocycles. The van der Waals surface area contributed by atoms with E-state index >= 15 is 0 Å². The van der Waals surface area contributed by atoms with Crippen LogP contribution in [0.2, 0.25) is 10.0 Å². The predicted octanol–water partition coefficient (Wildman–Crippen LogP) is 7.36. The highest BCUT2D eigenvalue weighted by atomic mass is 35.5. The summed E-state index contributed by atoms with van der Waals surface area (Å²) in [6.45, 7) is 0. The van der Waals surface area contributed by atoms with Gasteiger partial charge in [0.1, 0.15) is 5.75 Å². The lowest BCUT2D eigenvalue weighted by Crippen LogP contribution is -2.30. The molecule has 0 aromatic heterocycles. The molecule has 2 nitrogen and oxygen atoms in total. The average Bonchev–Trinajstić information content (AvgIpc) is 3.06. The summed E-state index contributed by atoms with van der Waals surface area (Å²) in [6.07, 6.45) is -3.94. The summed E-state index contributed by atoms with van der Waals surface area (Å²) in [5.41, 5.74) is 4.82. The zero-order valence-corrected chi connectivity index (χ0v) is 17.0. The van der Waals surface area contributed by atoms with Crippen molar-refractivity contribution in [2.24, 2.45) is 5.92 Å². The first-order valence-electron chi connectivity index (χ1n) is 9.49. The zero-order valence-electron chi connectivity index (χ0n) is 15.5. The topological polar surface area (TPSA) is 21.3 Å². The van der Waals surface area contributed by atoms with E-state index in [0.717, 1.165) is 28.8 Å². The Balaban J connectivity index is 1.64. The molecule has 0 spiro atoms. The number of ether oxygens (including phenoxy) is 1. The van der Waals surface area contributed by atoms with Crippen LogP contribution in [0.25, 0.3) is 0 Å². The second kappa shape index (κ2) is 7.10. The third-order valence-corrected chi connectivity index (χ3v) is 6.46. The average molecular weight is 450 g/mol. The molecular formula is C23H16Cl2F3NO. The lowest BCUT2D eigenvalue weighted by atomic mass is 9.75. The molecule has 0 bridgehead atoms. The van der Waals surface area contributed by atoms with Crippen molar-refractivity contribution in [1.29, 1.82) is 0 Å². The predicted molar refractivity (Wildman–Crippen MR) is 111 cm³/mol. The maximum absolute atomic E-state index is 12.8. The van der Waals surface area contributed by atoms with Crippen LogP contribution >= 0.6 is 23.2 Å². The van der Waals surface area contributed by atoms with E-state index < -0.39 is 6.36 Å². The van der Waals surface area contributed by atoms with Crippen LogP contribution < -0.4 is 10.1 Å². The van der Waals surface area contributed by atoms with Crippen molar-refractivity contribution in [3.8, 4) is 5.75 Å². The third-order valence-electron chi connectivity index (χ3n) is 5.90. The van der Waals surface area contributed by atoms with Crippen LogP contribution in [0.15, 0.2) is 60.7 Å². The summed E-state index contributed by atoms with van der Waals surface area (Å²) in [7, 11) is 0. The normalized spacial score (nSPS) is 22.0. The summed E-state index contributed by atoms with van der Waals surface area (Å²) in [5.74, 6) is -0.185. The van der Waals surface area contributed by atoms with Crippen molar-refractivity contribution in [2.45, 2.75) is 24.7 Å². The molecule has 154 valence electrons. The van der Waals surface area contributed by atoms with Crippen molar-refractivity contribution in [3.05, 3.63) is 93.0 Å². The van der Waals surface area contributed by atoms with Gasteiger partial charge < -0.3 is 10.1 Å². The number of fused-ring (bicyclic) bond motifs is 5. The summed E-state index contributed by atoms with van der Waals surface area (Å²) < 4.78 is 42.5. The second-order valence-electron chi connectivity index (χ2n) is 7.63. The number of halogens is 5. The standard InChI is InChI=1S/C23H16Cl2F3NO/c24-13-5-7-16(19(25)10-13)22-18-9-12-3-1-2-4-15(12)21(18)17-11-14(30-23(26,27)28)6-8-20(17)29-22/h1-8,10-11,18,21-22,29H,9H2. The Bertz CT molecular complexity index is 1130. The van der Waals surface area contributed by atoms with Gasteiger partial charge in [-0.15, -0.1) is 13.2 Å². The molecule has 5 rings (SSSR count).